The van der Waals surface area contributed by atoms with Crippen LogP contribution in [0, 0.1) is 11.6 Å². The molecule has 29 heavy (non-hydrogen) atoms. The molecule has 1 aliphatic rings. The zero-order valence-corrected chi connectivity index (χ0v) is 15.4. The molecule has 3 heterocycles. The summed E-state index contributed by atoms with van der Waals surface area (Å²) in [5.74, 6) is -0.968. The standard InChI is InChI=1S/C19H19F2N5O3/c20-12-3-4-15(21)13(9-12)16-2-1-5-26(16)18-14-8-11(10-22-17(14)23-24-18)19(28)25-29-7-6-27/h3-4,8-10,16,27H,1-2,5-7H2,(H,25,28)(H,22,23,24)/t16-/m1/s1. The topological polar surface area (TPSA) is 103 Å². The highest BCUT2D eigenvalue weighted by Crippen LogP contribution is 2.39. The quantitative estimate of drug-likeness (QED) is 0.431. The van der Waals surface area contributed by atoms with Crippen molar-refractivity contribution >= 4 is 22.8 Å². The second kappa shape index (κ2) is 8.10. The Kier molecular flexibility index (Phi) is 5.36. The van der Waals surface area contributed by atoms with Crippen LogP contribution >= 0.6 is 0 Å². The average molecular weight is 403 g/mol. The van der Waals surface area contributed by atoms with Crippen LogP contribution in [0.15, 0.2) is 30.5 Å². The van der Waals surface area contributed by atoms with E-state index in [0.29, 0.717) is 29.8 Å². The maximum Gasteiger partial charge on any atom is 0.276 e. The van der Waals surface area contributed by atoms with E-state index in [1.165, 1.54) is 12.3 Å². The van der Waals surface area contributed by atoms with Gasteiger partial charge in [-0.1, -0.05) is 0 Å². The zero-order valence-electron chi connectivity index (χ0n) is 15.4. The maximum atomic E-state index is 14.3. The Labute approximate surface area is 164 Å². The van der Waals surface area contributed by atoms with E-state index in [9.17, 15) is 13.6 Å². The predicted octanol–water partition coefficient (Wildman–Crippen LogP) is 2.23. The number of hydroxylamine groups is 1. The van der Waals surface area contributed by atoms with Gasteiger partial charge < -0.3 is 10.0 Å². The SMILES string of the molecule is O=C(NOCCO)c1cnc2[nH]nc(N3CCC[C@@H]3c3cc(F)ccc3F)c2c1. The van der Waals surface area contributed by atoms with Crippen molar-refractivity contribution in [3.63, 3.8) is 0 Å². The van der Waals surface area contributed by atoms with Gasteiger partial charge in [0.1, 0.15) is 11.6 Å². The Hall–Kier alpha value is -3.11. The summed E-state index contributed by atoms with van der Waals surface area (Å²) in [6, 6.07) is 4.66. The fraction of sp³-hybridized carbons (Fsp3) is 0.316. The minimum atomic E-state index is -0.519. The maximum absolute atomic E-state index is 14.3. The Balaban J connectivity index is 1.67. The first-order valence-corrected chi connectivity index (χ1v) is 9.17. The summed E-state index contributed by atoms with van der Waals surface area (Å²) in [5, 5.41) is 16.4. The lowest BCUT2D eigenvalue weighted by Crippen LogP contribution is -2.25. The summed E-state index contributed by atoms with van der Waals surface area (Å²) in [5.41, 5.74) is 3.21. The smallest absolute Gasteiger partial charge is 0.276 e. The molecule has 1 amide bonds. The molecule has 0 unspecified atom stereocenters. The first-order chi connectivity index (χ1) is 14.1. The normalized spacial score (nSPS) is 16.5. The number of carbonyl (C=O) groups excluding carboxylic acids is 1. The average Bonchev–Trinajstić information content (AvgIpc) is 3.35. The summed E-state index contributed by atoms with van der Waals surface area (Å²) in [6.45, 7) is 0.347. The molecule has 0 radical (unpaired) electrons. The van der Waals surface area contributed by atoms with E-state index in [4.69, 9.17) is 9.94 Å². The number of H-pyrrole nitrogens is 1. The molecule has 1 atom stereocenters. The van der Waals surface area contributed by atoms with Crippen LogP contribution in [0.3, 0.4) is 0 Å². The van der Waals surface area contributed by atoms with Crippen molar-refractivity contribution in [1.29, 1.82) is 0 Å². The number of carbonyl (C=O) groups is 1. The number of aromatic amines is 1. The molecule has 4 rings (SSSR count). The summed E-state index contributed by atoms with van der Waals surface area (Å²) < 4.78 is 28.1. The fourth-order valence-corrected chi connectivity index (χ4v) is 3.57. The van der Waals surface area contributed by atoms with Gasteiger partial charge in [0.25, 0.3) is 5.91 Å². The van der Waals surface area contributed by atoms with Crippen LogP contribution in [-0.2, 0) is 4.84 Å². The summed E-state index contributed by atoms with van der Waals surface area (Å²) in [7, 11) is 0. The van der Waals surface area contributed by atoms with E-state index in [1.54, 1.807) is 6.07 Å². The number of aliphatic hydroxyl groups is 1. The third kappa shape index (κ3) is 3.76. The van der Waals surface area contributed by atoms with Gasteiger partial charge >= 0.3 is 0 Å². The first kappa shape index (κ1) is 19.2. The van der Waals surface area contributed by atoms with Gasteiger partial charge in [-0.15, -0.1) is 0 Å². The van der Waals surface area contributed by atoms with Crippen LogP contribution in [0.1, 0.15) is 34.8 Å². The van der Waals surface area contributed by atoms with E-state index >= 15 is 0 Å². The molecule has 152 valence electrons. The number of nitrogens with one attached hydrogen (secondary N) is 2. The van der Waals surface area contributed by atoms with Crippen molar-refractivity contribution in [3.8, 4) is 0 Å². The van der Waals surface area contributed by atoms with Crippen LogP contribution in [0.4, 0.5) is 14.6 Å². The highest BCUT2D eigenvalue weighted by molar-refractivity contribution is 5.98. The number of nitrogens with zero attached hydrogens (tertiary/aromatic N) is 3. The first-order valence-electron chi connectivity index (χ1n) is 9.17. The molecule has 3 N–H and O–H groups in total. The molecule has 8 nitrogen and oxygen atoms in total. The molecule has 1 aromatic carbocycles. The highest BCUT2D eigenvalue weighted by Gasteiger charge is 2.31. The minimum Gasteiger partial charge on any atom is -0.394 e. The zero-order chi connectivity index (χ0) is 20.4. The lowest BCUT2D eigenvalue weighted by Gasteiger charge is -2.25. The number of anilines is 1. The molecule has 1 fully saturated rings. The Bertz CT molecular complexity index is 1040. The van der Waals surface area contributed by atoms with Gasteiger partial charge in [0.05, 0.1) is 30.2 Å². The van der Waals surface area contributed by atoms with Gasteiger partial charge in [0, 0.05) is 18.3 Å². The molecule has 2 aromatic heterocycles. The van der Waals surface area contributed by atoms with Gasteiger partial charge in [0.2, 0.25) is 0 Å². The highest BCUT2D eigenvalue weighted by atomic mass is 19.1. The fourth-order valence-electron chi connectivity index (χ4n) is 3.57. The van der Waals surface area contributed by atoms with Crippen LogP contribution in [0.5, 0.6) is 0 Å². The number of hydrogen-bond acceptors (Lipinski definition) is 6. The van der Waals surface area contributed by atoms with Crippen molar-refractivity contribution in [2.24, 2.45) is 0 Å². The third-order valence-electron chi connectivity index (χ3n) is 4.86. The van der Waals surface area contributed by atoms with Crippen molar-refractivity contribution in [1.82, 2.24) is 20.7 Å². The number of pyridine rings is 1. The molecule has 0 spiro atoms. The molecular formula is C19H19F2N5O3. The number of aliphatic hydroxyl groups excluding tert-OH is 1. The van der Waals surface area contributed by atoms with Gasteiger partial charge in [-0.2, -0.15) is 5.10 Å². The molecule has 0 saturated carbocycles. The molecule has 3 aromatic rings. The molecule has 10 heteroatoms. The van der Waals surface area contributed by atoms with Gasteiger partial charge in [0.15, 0.2) is 11.5 Å². The van der Waals surface area contributed by atoms with E-state index in [2.05, 4.69) is 20.7 Å². The van der Waals surface area contributed by atoms with Crippen LogP contribution < -0.4 is 10.4 Å². The minimum absolute atomic E-state index is 0.0347. The molecule has 0 aliphatic carbocycles. The van der Waals surface area contributed by atoms with Crippen molar-refractivity contribution < 1.29 is 23.5 Å². The summed E-state index contributed by atoms with van der Waals surface area (Å²) in [4.78, 5) is 23.1. The van der Waals surface area contributed by atoms with Crippen molar-refractivity contribution in [2.75, 3.05) is 24.7 Å². The van der Waals surface area contributed by atoms with Crippen LogP contribution in [0.2, 0.25) is 0 Å². The lowest BCUT2D eigenvalue weighted by atomic mass is 10.0. The van der Waals surface area contributed by atoms with Gasteiger partial charge in [-0.05, 0) is 37.1 Å². The summed E-state index contributed by atoms with van der Waals surface area (Å²) >= 11 is 0. The van der Waals surface area contributed by atoms with E-state index in [-0.39, 0.29) is 30.4 Å². The van der Waals surface area contributed by atoms with E-state index < -0.39 is 17.5 Å². The predicted molar refractivity (Wildman–Crippen MR) is 100 cm³/mol. The molecule has 1 aliphatic heterocycles. The number of aromatic nitrogens is 3. The number of benzene rings is 1. The van der Waals surface area contributed by atoms with Gasteiger partial charge in [-0.25, -0.2) is 19.2 Å². The number of hydrogen-bond donors (Lipinski definition) is 3. The largest absolute Gasteiger partial charge is 0.394 e. The Morgan fingerprint density at radius 1 is 1.38 bits per heavy atom. The molecular weight excluding hydrogens is 384 g/mol. The monoisotopic (exact) mass is 403 g/mol. The van der Waals surface area contributed by atoms with Crippen molar-refractivity contribution in [3.05, 3.63) is 53.2 Å². The van der Waals surface area contributed by atoms with E-state index in [0.717, 1.165) is 18.6 Å². The van der Waals surface area contributed by atoms with Gasteiger partial charge in [-0.3, -0.25) is 14.7 Å². The van der Waals surface area contributed by atoms with Crippen LogP contribution in [-0.4, -0.2) is 46.0 Å². The van der Waals surface area contributed by atoms with Crippen molar-refractivity contribution in [2.45, 2.75) is 18.9 Å². The number of fused-ring (bicyclic) bond motifs is 1. The number of rotatable bonds is 6. The molecule has 0 bridgehead atoms. The Morgan fingerprint density at radius 2 is 2.24 bits per heavy atom. The number of amides is 1. The number of halogens is 2. The Morgan fingerprint density at radius 3 is 3.07 bits per heavy atom. The van der Waals surface area contributed by atoms with E-state index in [1.807, 2.05) is 4.90 Å². The second-order valence-corrected chi connectivity index (χ2v) is 6.69. The third-order valence-corrected chi connectivity index (χ3v) is 4.86. The lowest BCUT2D eigenvalue weighted by molar-refractivity contribution is 0.0168. The summed E-state index contributed by atoms with van der Waals surface area (Å²) in [6.07, 6.45) is 2.81. The second-order valence-electron chi connectivity index (χ2n) is 6.69. The van der Waals surface area contributed by atoms with Crippen LogP contribution in [0.25, 0.3) is 11.0 Å². The molecule has 1 saturated heterocycles.